The topological polar surface area (TPSA) is 160 Å². The van der Waals surface area contributed by atoms with E-state index in [0.29, 0.717) is 30.8 Å². The fourth-order valence-corrected chi connectivity index (χ4v) is 4.87. The Morgan fingerprint density at radius 1 is 0.767 bits per heavy atom. The molecule has 1 aliphatic rings. The van der Waals surface area contributed by atoms with E-state index in [1.807, 2.05) is 20.8 Å². The summed E-state index contributed by atoms with van der Waals surface area (Å²) in [5.41, 5.74) is -0.00572. The first kappa shape index (κ1) is 31.1. The summed E-state index contributed by atoms with van der Waals surface area (Å²) < 4.78 is 12.5. The number of ketones is 2. The summed E-state index contributed by atoms with van der Waals surface area (Å²) in [5.74, 6) is -2.16. The van der Waals surface area contributed by atoms with Gasteiger partial charge >= 0.3 is 0 Å². The number of nitrogens with one attached hydrogen (secondary N) is 2. The largest absolute Gasteiger partial charge is 0.507 e. The van der Waals surface area contributed by atoms with Crippen LogP contribution in [0.3, 0.4) is 0 Å². The number of benzene rings is 3. The van der Waals surface area contributed by atoms with Crippen LogP contribution in [0.1, 0.15) is 91.1 Å². The first-order valence-corrected chi connectivity index (χ1v) is 14.6. The number of non-ortho nitro benzene ring substituents is 1. The SMILES string of the molecule is CCCCNc1c(Nc2cccc([N+](=O)[O-])c2)c(OCCCC)c2c(c1OCCCC)C(=O)c1c(O)ccc(O)c1C2=O. The molecule has 0 aliphatic heterocycles. The molecular weight excluding hydrogens is 554 g/mol. The summed E-state index contributed by atoms with van der Waals surface area (Å²) in [6, 6.07) is 8.22. The molecule has 228 valence electrons. The van der Waals surface area contributed by atoms with Crippen molar-refractivity contribution < 1.29 is 34.2 Å². The molecule has 0 fully saturated rings. The molecule has 0 aromatic heterocycles. The Bertz CT molecular complexity index is 1540. The molecule has 4 rings (SSSR count). The van der Waals surface area contributed by atoms with Gasteiger partial charge in [-0.3, -0.25) is 19.7 Å². The van der Waals surface area contributed by atoms with Crippen molar-refractivity contribution in [1.29, 1.82) is 0 Å². The zero-order valence-corrected chi connectivity index (χ0v) is 24.6. The van der Waals surface area contributed by atoms with Crippen LogP contribution in [0, 0.1) is 10.1 Å². The van der Waals surface area contributed by atoms with Crippen molar-refractivity contribution in [3.63, 3.8) is 0 Å². The summed E-state index contributed by atoms with van der Waals surface area (Å²) >= 11 is 0. The number of ether oxygens (including phenoxy) is 2. The van der Waals surface area contributed by atoms with Gasteiger partial charge in [-0.15, -0.1) is 0 Å². The van der Waals surface area contributed by atoms with Gasteiger partial charge in [-0.2, -0.15) is 0 Å². The number of hydrogen-bond acceptors (Lipinski definition) is 10. The number of carbonyl (C=O) groups is 2. The maximum absolute atomic E-state index is 14.2. The Morgan fingerprint density at radius 2 is 1.30 bits per heavy atom. The van der Waals surface area contributed by atoms with E-state index < -0.39 is 28.0 Å². The highest BCUT2D eigenvalue weighted by molar-refractivity contribution is 6.33. The van der Waals surface area contributed by atoms with Crippen molar-refractivity contribution >= 4 is 34.3 Å². The lowest BCUT2D eigenvalue weighted by Crippen LogP contribution is -2.25. The van der Waals surface area contributed by atoms with Crippen LogP contribution in [0.15, 0.2) is 36.4 Å². The van der Waals surface area contributed by atoms with Crippen molar-refractivity contribution in [3.05, 3.63) is 68.8 Å². The molecule has 0 unspecified atom stereocenters. The van der Waals surface area contributed by atoms with Crippen molar-refractivity contribution in [1.82, 2.24) is 0 Å². The first-order valence-electron chi connectivity index (χ1n) is 14.6. The van der Waals surface area contributed by atoms with Crippen LogP contribution in [0.2, 0.25) is 0 Å². The van der Waals surface area contributed by atoms with Gasteiger partial charge in [-0.05, 0) is 37.5 Å². The number of nitrogens with zero attached hydrogens (tertiary/aromatic N) is 1. The minimum atomic E-state index is -0.716. The lowest BCUT2D eigenvalue weighted by atomic mass is 9.81. The molecule has 43 heavy (non-hydrogen) atoms. The minimum Gasteiger partial charge on any atom is -0.507 e. The lowest BCUT2D eigenvalue weighted by molar-refractivity contribution is -0.384. The third-order valence-electron chi connectivity index (χ3n) is 7.12. The Kier molecular flexibility index (Phi) is 10.1. The normalized spacial score (nSPS) is 12.0. The van der Waals surface area contributed by atoms with Crippen LogP contribution < -0.4 is 20.1 Å². The van der Waals surface area contributed by atoms with E-state index in [1.165, 1.54) is 24.3 Å². The quantitative estimate of drug-likeness (QED) is 0.0486. The van der Waals surface area contributed by atoms with E-state index in [-0.39, 0.29) is 58.3 Å². The predicted molar refractivity (Wildman–Crippen MR) is 164 cm³/mol. The summed E-state index contributed by atoms with van der Waals surface area (Å²) in [4.78, 5) is 39.4. The molecule has 0 saturated carbocycles. The zero-order chi connectivity index (χ0) is 31.1. The number of carbonyl (C=O) groups excluding carboxylic acids is 2. The molecule has 4 N–H and O–H groups in total. The van der Waals surface area contributed by atoms with Gasteiger partial charge in [0.05, 0.1) is 40.4 Å². The fourth-order valence-electron chi connectivity index (χ4n) is 4.87. The third kappa shape index (κ3) is 6.35. The van der Waals surface area contributed by atoms with Gasteiger partial charge in [0, 0.05) is 24.4 Å². The van der Waals surface area contributed by atoms with Crippen molar-refractivity contribution in [2.45, 2.75) is 59.3 Å². The van der Waals surface area contributed by atoms with Crippen LogP contribution >= 0.6 is 0 Å². The molecule has 0 saturated heterocycles. The minimum absolute atomic E-state index is 0.0449. The molecule has 0 amide bonds. The van der Waals surface area contributed by atoms with E-state index in [2.05, 4.69) is 10.6 Å². The van der Waals surface area contributed by atoms with E-state index in [9.17, 15) is 29.9 Å². The maximum Gasteiger partial charge on any atom is 0.271 e. The fraction of sp³-hybridized carbons (Fsp3) is 0.375. The summed E-state index contributed by atoms with van der Waals surface area (Å²) in [7, 11) is 0. The number of phenols is 2. The van der Waals surface area contributed by atoms with Crippen LogP contribution in [-0.4, -0.2) is 46.5 Å². The Labute approximate surface area is 250 Å². The highest BCUT2D eigenvalue weighted by Crippen LogP contribution is 2.52. The average molecular weight is 592 g/mol. The van der Waals surface area contributed by atoms with Gasteiger partial charge in [0.15, 0.2) is 11.5 Å². The van der Waals surface area contributed by atoms with Gasteiger partial charge in [-0.25, -0.2) is 0 Å². The number of anilines is 3. The van der Waals surface area contributed by atoms with Gasteiger partial charge in [-0.1, -0.05) is 46.1 Å². The third-order valence-corrected chi connectivity index (χ3v) is 7.12. The smallest absolute Gasteiger partial charge is 0.271 e. The van der Waals surface area contributed by atoms with Crippen LogP contribution in [0.25, 0.3) is 0 Å². The van der Waals surface area contributed by atoms with Crippen molar-refractivity contribution in [3.8, 4) is 23.0 Å². The van der Waals surface area contributed by atoms with Gasteiger partial charge in [0.2, 0.25) is 11.6 Å². The second-order valence-corrected chi connectivity index (χ2v) is 10.3. The van der Waals surface area contributed by atoms with E-state index >= 15 is 0 Å². The van der Waals surface area contributed by atoms with Gasteiger partial charge < -0.3 is 30.3 Å². The van der Waals surface area contributed by atoms with Crippen LogP contribution in [0.5, 0.6) is 23.0 Å². The van der Waals surface area contributed by atoms with E-state index in [1.54, 1.807) is 6.07 Å². The monoisotopic (exact) mass is 591 g/mol. The van der Waals surface area contributed by atoms with Crippen LogP contribution in [-0.2, 0) is 0 Å². The Morgan fingerprint density at radius 3 is 1.81 bits per heavy atom. The highest BCUT2D eigenvalue weighted by Gasteiger charge is 2.42. The molecule has 0 spiro atoms. The number of phenolic OH excluding ortho intramolecular Hbond substituents is 2. The standard InChI is InChI=1S/C32H37N3O8/c1-4-7-15-33-27-28(34-19-11-10-12-20(18-19)35(40)41)32(43-17-9-6-3)26-25(31(27)42-16-8-5-2)29(38)23-21(36)13-14-22(37)24(23)30(26)39/h10-14,18,33-34,36-37H,4-9,15-17H2,1-3H3. The molecule has 11 nitrogen and oxygen atoms in total. The Balaban J connectivity index is 2.07. The van der Waals surface area contributed by atoms with Gasteiger partial charge in [0.1, 0.15) is 22.9 Å². The summed E-state index contributed by atoms with van der Waals surface area (Å²) in [5, 5.41) is 39.4. The molecule has 0 bridgehead atoms. The van der Waals surface area contributed by atoms with E-state index in [4.69, 9.17) is 9.47 Å². The number of unbranched alkanes of at least 4 members (excludes halogenated alkanes) is 3. The molecule has 3 aromatic carbocycles. The van der Waals surface area contributed by atoms with Crippen molar-refractivity contribution in [2.75, 3.05) is 30.4 Å². The van der Waals surface area contributed by atoms with Gasteiger partial charge in [0.25, 0.3) is 5.69 Å². The Hall–Kier alpha value is -4.80. The number of nitro benzene ring substituents is 1. The predicted octanol–water partition coefficient (Wildman–Crippen LogP) is 7.09. The second kappa shape index (κ2) is 13.9. The lowest BCUT2D eigenvalue weighted by Gasteiger charge is -2.29. The summed E-state index contributed by atoms with van der Waals surface area (Å²) in [6.45, 7) is 6.93. The average Bonchev–Trinajstić information content (AvgIpc) is 2.99. The maximum atomic E-state index is 14.2. The van der Waals surface area contributed by atoms with Crippen LogP contribution in [0.4, 0.5) is 22.7 Å². The molecule has 11 heteroatoms. The number of aromatic hydroxyl groups is 2. The molecule has 0 radical (unpaired) electrons. The first-order chi connectivity index (χ1) is 20.7. The number of rotatable bonds is 15. The number of fused-ring (bicyclic) bond motifs is 2. The number of hydrogen-bond donors (Lipinski definition) is 4. The second-order valence-electron chi connectivity index (χ2n) is 10.3. The van der Waals surface area contributed by atoms with Crippen molar-refractivity contribution in [2.24, 2.45) is 0 Å². The molecule has 3 aromatic rings. The molecule has 0 heterocycles. The molecule has 0 atom stereocenters. The number of nitro groups is 1. The highest BCUT2D eigenvalue weighted by atomic mass is 16.6. The molecule has 1 aliphatic carbocycles. The van der Waals surface area contributed by atoms with E-state index in [0.717, 1.165) is 31.7 Å². The zero-order valence-electron chi connectivity index (χ0n) is 24.6. The molecular formula is C32H37N3O8. The summed E-state index contributed by atoms with van der Waals surface area (Å²) in [6.07, 6.45) is 4.55.